The molecule has 0 aliphatic heterocycles. The summed E-state index contributed by atoms with van der Waals surface area (Å²) in [6.45, 7) is 0. The van der Waals surface area contributed by atoms with E-state index >= 15 is 0 Å². The quantitative estimate of drug-likeness (QED) is 0.183. The fraction of sp³-hybridized carbons (Fsp3) is 0. The van der Waals surface area contributed by atoms with Crippen LogP contribution >= 0.6 is 0 Å². The van der Waals surface area contributed by atoms with E-state index in [1.54, 1.807) is 0 Å². The molecule has 0 fully saturated rings. The van der Waals surface area contributed by atoms with Crippen LogP contribution in [0, 0.1) is 0 Å². The van der Waals surface area contributed by atoms with Crippen LogP contribution in [0.25, 0.3) is 98.4 Å². The van der Waals surface area contributed by atoms with Crippen molar-refractivity contribution in [1.82, 2.24) is 0 Å². The molecule has 0 amide bonds. The lowest BCUT2D eigenvalue weighted by molar-refractivity contribution is 0.669. The molecule has 1 aromatic heterocycles. The van der Waals surface area contributed by atoms with Crippen molar-refractivity contribution >= 4 is 65.0 Å². The summed E-state index contributed by atoms with van der Waals surface area (Å²) >= 11 is 0. The number of hydrogen-bond acceptors (Lipinski definition) is 1. The van der Waals surface area contributed by atoms with Crippen molar-refractivity contribution in [2.75, 3.05) is 0 Å². The Balaban J connectivity index is 1.30. The van der Waals surface area contributed by atoms with Gasteiger partial charge in [-0.1, -0.05) is 139 Å². The van der Waals surface area contributed by atoms with Gasteiger partial charge in [0.15, 0.2) is 0 Å². The van der Waals surface area contributed by atoms with Gasteiger partial charge in [-0.25, -0.2) is 0 Å². The van der Waals surface area contributed by atoms with Crippen molar-refractivity contribution in [3.05, 3.63) is 170 Å². The Hall–Kier alpha value is -6.18. The predicted molar refractivity (Wildman–Crippen MR) is 200 cm³/mol. The highest BCUT2D eigenvalue weighted by atomic mass is 16.3. The van der Waals surface area contributed by atoms with Gasteiger partial charge in [0.25, 0.3) is 0 Å². The van der Waals surface area contributed by atoms with Gasteiger partial charge >= 0.3 is 0 Å². The number of benzene rings is 9. The monoisotopic (exact) mass is 605 g/mol. The summed E-state index contributed by atoms with van der Waals surface area (Å²) in [4.78, 5) is 0. The molecule has 10 aromatic rings. The molecule has 0 bridgehead atoms. The van der Waals surface area contributed by atoms with Gasteiger partial charge in [-0.2, -0.15) is 0 Å². The summed E-state index contributed by atoms with van der Waals surface area (Å²) in [6, 6.07) is 35.3. The standard InChI is InChI=1S/C46H28O/c1-2-13-31-28-44-42(26-30(31)12-1)41-27-34(23-24-43(41)47-44)46-39-20-7-5-18-37(39)45(38-19-6-8-21-40(38)46)33-16-9-15-32(25-33)36-22-10-14-29-11-3-4-17-35(29)36/h1-28H/i1D,2D,12D,13D,23D,24D,26D,27D,28D. The van der Waals surface area contributed by atoms with Crippen LogP contribution in [0.3, 0.4) is 0 Å². The van der Waals surface area contributed by atoms with E-state index < -0.39 is 24.2 Å². The smallest absolute Gasteiger partial charge is 0.136 e. The van der Waals surface area contributed by atoms with Gasteiger partial charge < -0.3 is 4.42 Å². The largest absolute Gasteiger partial charge is 0.456 e. The summed E-state index contributed by atoms with van der Waals surface area (Å²) in [7, 11) is 0. The van der Waals surface area contributed by atoms with E-state index in [0.717, 1.165) is 54.6 Å². The third-order valence-electron chi connectivity index (χ3n) is 9.07. The Labute approximate surface area is 284 Å². The third-order valence-corrected chi connectivity index (χ3v) is 9.07. The summed E-state index contributed by atoms with van der Waals surface area (Å²) < 4.78 is 86.3. The Morgan fingerprint density at radius 3 is 1.70 bits per heavy atom. The molecule has 0 saturated carbocycles. The van der Waals surface area contributed by atoms with Crippen molar-refractivity contribution in [3.63, 3.8) is 0 Å². The highest BCUT2D eigenvalue weighted by Gasteiger charge is 2.18. The average molecular weight is 606 g/mol. The lowest BCUT2D eigenvalue weighted by Crippen LogP contribution is -1.91. The van der Waals surface area contributed by atoms with Crippen molar-refractivity contribution < 1.29 is 16.8 Å². The fourth-order valence-electron chi connectivity index (χ4n) is 7.01. The van der Waals surface area contributed by atoms with Gasteiger partial charge in [0, 0.05) is 10.8 Å². The highest BCUT2D eigenvalue weighted by Crippen LogP contribution is 2.45. The number of hydrogen-bond donors (Lipinski definition) is 0. The van der Waals surface area contributed by atoms with Crippen LogP contribution in [0.1, 0.15) is 12.3 Å². The van der Waals surface area contributed by atoms with Crippen LogP contribution in [0.5, 0.6) is 0 Å². The second-order valence-corrected chi connectivity index (χ2v) is 11.7. The van der Waals surface area contributed by atoms with E-state index in [1.807, 2.05) is 60.7 Å². The van der Waals surface area contributed by atoms with Gasteiger partial charge in [-0.15, -0.1) is 0 Å². The highest BCUT2D eigenvalue weighted by molar-refractivity contribution is 6.22. The molecule has 1 nitrogen and oxygen atoms in total. The maximum Gasteiger partial charge on any atom is 0.136 e. The number of fused-ring (bicyclic) bond motifs is 7. The number of rotatable bonds is 3. The minimum absolute atomic E-state index is 0.00207. The first-order chi connectivity index (χ1) is 27.1. The molecule has 0 N–H and O–H groups in total. The zero-order chi connectivity index (χ0) is 38.7. The maximum atomic E-state index is 9.76. The molecule has 0 spiro atoms. The van der Waals surface area contributed by atoms with Crippen LogP contribution in [0.4, 0.5) is 0 Å². The zero-order valence-electron chi connectivity index (χ0n) is 33.9. The third kappa shape index (κ3) is 4.03. The van der Waals surface area contributed by atoms with E-state index in [1.165, 1.54) is 0 Å². The molecule has 0 aliphatic carbocycles. The van der Waals surface area contributed by atoms with Crippen LogP contribution in [0.15, 0.2) is 174 Å². The zero-order valence-corrected chi connectivity index (χ0v) is 24.9. The first-order valence-electron chi connectivity index (χ1n) is 20.0. The molecule has 10 rings (SSSR count). The van der Waals surface area contributed by atoms with Gasteiger partial charge in [-0.3, -0.25) is 0 Å². The SMILES string of the molecule is [2H]c1c(-c2c3ccccc3c(-c3cccc(-c4cccc5ccccc45)c3)c3ccccc23)c([2H])c2c(oc3c([2H])c4c([2H])c([2H])c([2H])c([2H])c4c([2H])c32)c1[2H]. The van der Waals surface area contributed by atoms with E-state index in [0.29, 0.717) is 5.56 Å². The molecule has 0 atom stereocenters. The molecule has 1 heterocycles. The molecule has 47 heavy (non-hydrogen) atoms. The Morgan fingerprint density at radius 1 is 0.383 bits per heavy atom. The lowest BCUT2D eigenvalue weighted by Gasteiger charge is -2.18. The normalized spacial score (nSPS) is 14.5. The summed E-state index contributed by atoms with van der Waals surface area (Å²) in [5.41, 5.74) is 4.56. The van der Waals surface area contributed by atoms with E-state index in [2.05, 4.69) is 54.6 Å². The lowest BCUT2D eigenvalue weighted by atomic mass is 9.85. The Kier molecular flexibility index (Phi) is 4.05. The summed E-state index contributed by atoms with van der Waals surface area (Å²) in [5, 5.41) is 5.30. The van der Waals surface area contributed by atoms with Gasteiger partial charge in [-0.05, 0) is 107 Å². The van der Waals surface area contributed by atoms with Crippen LogP contribution < -0.4 is 0 Å². The van der Waals surface area contributed by atoms with E-state index in [4.69, 9.17) is 11.3 Å². The summed E-state index contributed by atoms with van der Waals surface area (Å²) in [6.07, 6.45) is 0. The molecule has 9 aromatic carbocycles. The molecule has 1 heteroatoms. The van der Waals surface area contributed by atoms with Gasteiger partial charge in [0.2, 0.25) is 0 Å². The van der Waals surface area contributed by atoms with E-state index in [9.17, 15) is 5.48 Å². The first kappa shape index (κ1) is 18.7. The van der Waals surface area contributed by atoms with Crippen LogP contribution in [-0.4, -0.2) is 0 Å². The van der Waals surface area contributed by atoms with Crippen LogP contribution in [-0.2, 0) is 0 Å². The molecule has 218 valence electrons. The predicted octanol–water partition coefficient (Wildman–Crippen LogP) is 13.2. The van der Waals surface area contributed by atoms with Crippen LogP contribution in [0.2, 0.25) is 0 Å². The molecule has 0 aliphatic rings. The topological polar surface area (TPSA) is 13.1 Å². The van der Waals surface area contributed by atoms with Crippen molar-refractivity contribution in [2.24, 2.45) is 0 Å². The first-order valence-corrected chi connectivity index (χ1v) is 15.5. The molecule has 0 saturated heterocycles. The molecule has 0 unspecified atom stereocenters. The summed E-state index contributed by atoms with van der Waals surface area (Å²) in [5.74, 6) is 0. The van der Waals surface area contributed by atoms with Gasteiger partial charge in [0.05, 0.1) is 12.3 Å². The molecule has 0 radical (unpaired) electrons. The Morgan fingerprint density at radius 2 is 0.957 bits per heavy atom. The molecular weight excluding hydrogens is 569 g/mol. The average Bonchev–Trinajstić information content (AvgIpc) is 3.64. The minimum Gasteiger partial charge on any atom is -0.456 e. The second kappa shape index (κ2) is 10.2. The minimum atomic E-state index is -0.537. The van der Waals surface area contributed by atoms with Gasteiger partial charge in [0.1, 0.15) is 11.2 Å². The molecular formula is C46H28O. The Bertz CT molecular complexity index is 3300. The van der Waals surface area contributed by atoms with Crippen molar-refractivity contribution in [2.45, 2.75) is 0 Å². The maximum absolute atomic E-state index is 9.76. The van der Waals surface area contributed by atoms with E-state index in [-0.39, 0.29) is 68.5 Å². The second-order valence-electron chi connectivity index (χ2n) is 11.7. The van der Waals surface area contributed by atoms with Crippen molar-refractivity contribution in [1.29, 1.82) is 0 Å². The van der Waals surface area contributed by atoms with Crippen molar-refractivity contribution in [3.8, 4) is 33.4 Å². The number of furan rings is 1. The fourth-order valence-corrected chi connectivity index (χ4v) is 7.01.